The number of aromatic amines is 1. The lowest BCUT2D eigenvalue weighted by molar-refractivity contribution is 0.545. The fourth-order valence-corrected chi connectivity index (χ4v) is 3.41. The highest BCUT2D eigenvalue weighted by Crippen LogP contribution is 2.19. The van der Waals surface area contributed by atoms with E-state index >= 15 is 0 Å². The molecule has 0 saturated heterocycles. The SMILES string of the molecule is C[C@H](c1ccccc1)n1c(Cn2ncc3ccccc3c2=O)n[nH]c1=S. The van der Waals surface area contributed by atoms with E-state index < -0.39 is 0 Å². The number of nitrogens with one attached hydrogen (secondary N) is 1. The molecule has 1 atom stereocenters. The summed E-state index contributed by atoms with van der Waals surface area (Å²) in [6, 6.07) is 17.5. The van der Waals surface area contributed by atoms with E-state index in [0.717, 1.165) is 10.9 Å². The van der Waals surface area contributed by atoms with Crippen molar-refractivity contribution in [2.24, 2.45) is 0 Å². The molecule has 4 aromatic rings. The molecule has 130 valence electrons. The zero-order valence-corrected chi connectivity index (χ0v) is 15.0. The van der Waals surface area contributed by atoms with Crippen molar-refractivity contribution >= 4 is 23.0 Å². The van der Waals surface area contributed by atoms with Crippen LogP contribution >= 0.6 is 12.2 Å². The van der Waals surface area contributed by atoms with Gasteiger partial charge in [0.15, 0.2) is 10.6 Å². The van der Waals surface area contributed by atoms with Crippen molar-refractivity contribution < 1.29 is 0 Å². The van der Waals surface area contributed by atoms with Crippen LogP contribution < -0.4 is 5.56 Å². The largest absolute Gasteiger partial charge is 0.295 e. The Labute approximate surface area is 154 Å². The molecule has 7 heteroatoms. The van der Waals surface area contributed by atoms with E-state index in [1.807, 2.05) is 53.1 Å². The summed E-state index contributed by atoms with van der Waals surface area (Å²) in [6.07, 6.45) is 1.70. The van der Waals surface area contributed by atoms with Crippen LogP contribution in [0.4, 0.5) is 0 Å². The maximum absolute atomic E-state index is 12.7. The van der Waals surface area contributed by atoms with Crippen molar-refractivity contribution in [3.05, 3.63) is 87.3 Å². The molecule has 0 fully saturated rings. The zero-order chi connectivity index (χ0) is 18.1. The number of fused-ring (bicyclic) bond motifs is 1. The van der Waals surface area contributed by atoms with Crippen molar-refractivity contribution in [2.75, 3.05) is 0 Å². The third-order valence-electron chi connectivity index (χ3n) is 4.50. The Kier molecular flexibility index (Phi) is 4.22. The van der Waals surface area contributed by atoms with Gasteiger partial charge in [0.2, 0.25) is 0 Å². The first kappa shape index (κ1) is 16.4. The molecule has 0 aliphatic rings. The van der Waals surface area contributed by atoms with Gasteiger partial charge >= 0.3 is 0 Å². The maximum atomic E-state index is 12.7. The molecular weight excluding hydrogens is 346 g/mol. The van der Waals surface area contributed by atoms with E-state index in [9.17, 15) is 4.79 Å². The summed E-state index contributed by atoms with van der Waals surface area (Å²) in [4.78, 5) is 12.7. The summed E-state index contributed by atoms with van der Waals surface area (Å²) in [7, 11) is 0. The third-order valence-corrected chi connectivity index (χ3v) is 4.79. The molecule has 1 N–H and O–H groups in total. The van der Waals surface area contributed by atoms with E-state index in [4.69, 9.17) is 12.2 Å². The minimum absolute atomic E-state index is 0.00592. The molecule has 0 unspecified atom stereocenters. The first-order chi connectivity index (χ1) is 12.6. The first-order valence-corrected chi connectivity index (χ1v) is 8.71. The highest BCUT2D eigenvalue weighted by atomic mass is 32.1. The minimum Gasteiger partial charge on any atom is -0.295 e. The number of H-pyrrole nitrogens is 1. The van der Waals surface area contributed by atoms with Crippen molar-refractivity contribution in [1.29, 1.82) is 0 Å². The second kappa shape index (κ2) is 6.68. The molecule has 0 amide bonds. The molecule has 2 aromatic carbocycles. The summed E-state index contributed by atoms with van der Waals surface area (Å²) < 4.78 is 3.86. The fraction of sp³-hybridized carbons (Fsp3) is 0.158. The van der Waals surface area contributed by atoms with E-state index in [1.54, 1.807) is 12.3 Å². The van der Waals surface area contributed by atoms with Gasteiger partial charge in [0, 0.05) is 5.39 Å². The average molecular weight is 363 g/mol. The summed E-state index contributed by atoms with van der Waals surface area (Å²) in [5.74, 6) is 0.663. The van der Waals surface area contributed by atoms with Gasteiger partial charge in [-0.3, -0.25) is 14.5 Å². The molecule has 26 heavy (non-hydrogen) atoms. The Hall–Kier alpha value is -3.06. The Morgan fingerprint density at radius 2 is 1.85 bits per heavy atom. The molecule has 0 saturated carbocycles. The zero-order valence-electron chi connectivity index (χ0n) is 14.2. The quantitative estimate of drug-likeness (QED) is 0.565. The molecular formula is C19H17N5OS. The Balaban J connectivity index is 1.76. The lowest BCUT2D eigenvalue weighted by Gasteiger charge is -2.16. The second-order valence-electron chi connectivity index (χ2n) is 6.10. The predicted octanol–water partition coefficient (Wildman–Crippen LogP) is 3.31. The van der Waals surface area contributed by atoms with Crippen molar-refractivity contribution in [3.8, 4) is 0 Å². The van der Waals surface area contributed by atoms with Crippen LogP contribution in [0.25, 0.3) is 10.8 Å². The summed E-state index contributed by atoms with van der Waals surface area (Å²) >= 11 is 5.41. The van der Waals surface area contributed by atoms with E-state index in [2.05, 4.69) is 22.2 Å². The smallest absolute Gasteiger partial charge is 0.275 e. The number of benzene rings is 2. The van der Waals surface area contributed by atoms with E-state index in [0.29, 0.717) is 16.0 Å². The lowest BCUT2D eigenvalue weighted by Crippen LogP contribution is -2.25. The summed E-state index contributed by atoms with van der Waals surface area (Å²) in [5.41, 5.74) is 0.973. The Morgan fingerprint density at radius 1 is 1.12 bits per heavy atom. The number of aromatic nitrogens is 5. The third kappa shape index (κ3) is 2.86. The van der Waals surface area contributed by atoms with Crippen LogP contribution in [0.1, 0.15) is 24.4 Å². The van der Waals surface area contributed by atoms with Crippen LogP contribution in [-0.4, -0.2) is 24.5 Å². The van der Waals surface area contributed by atoms with Crippen LogP contribution in [0, 0.1) is 4.77 Å². The van der Waals surface area contributed by atoms with Gasteiger partial charge in [-0.2, -0.15) is 10.2 Å². The van der Waals surface area contributed by atoms with Gasteiger partial charge in [-0.05, 0) is 30.8 Å². The molecule has 2 aromatic heterocycles. The predicted molar refractivity (Wildman–Crippen MR) is 103 cm³/mol. The van der Waals surface area contributed by atoms with Crippen molar-refractivity contribution in [2.45, 2.75) is 19.5 Å². The lowest BCUT2D eigenvalue weighted by atomic mass is 10.1. The van der Waals surface area contributed by atoms with Gasteiger partial charge in [-0.15, -0.1) is 0 Å². The Bertz CT molecular complexity index is 1180. The molecule has 0 aliphatic carbocycles. The van der Waals surface area contributed by atoms with Gasteiger partial charge in [-0.1, -0.05) is 48.5 Å². The number of rotatable bonds is 4. The topological polar surface area (TPSA) is 68.5 Å². The number of hydrogen-bond donors (Lipinski definition) is 1. The molecule has 6 nitrogen and oxygen atoms in total. The van der Waals surface area contributed by atoms with Gasteiger partial charge in [-0.25, -0.2) is 4.68 Å². The molecule has 0 spiro atoms. The highest BCUT2D eigenvalue weighted by molar-refractivity contribution is 7.71. The van der Waals surface area contributed by atoms with Crippen LogP contribution in [0.15, 0.2) is 65.6 Å². The van der Waals surface area contributed by atoms with Crippen molar-refractivity contribution in [1.82, 2.24) is 24.5 Å². The van der Waals surface area contributed by atoms with Gasteiger partial charge in [0.25, 0.3) is 5.56 Å². The monoisotopic (exact) mass is 363 g/mol. The normalized spacial score (nSPS) is 12.3. The van der Waals surface area contributed by atoms with Crippen LogP contribution in [0.2, 0.25) is 0 Å². The van der Waals surface area contributed by atoms with Crippen LogP contribution in [-0.2, 0) is 6.54 Å². The molecule has 0 bridgehead atoms. The minimum atomic E-state index is -0.143. The molecule has 4 rings (SSSR count). The molecule has 2 heterocycles. The fourth-order valence-electron chi connectivity index (χ4n) is 3.10. The highest BCUT2D eigenvalue weighted by Gasteiger charge is 2.16. The van der Waals surface area contributed by atoms with Gasteiger partial charge < -0.3 is 0 Å². The number of nitrogens with zero attached hydrogens (tertiary/aromatic N) is 4. The van der Waals surface area contributed by atoms with Crippen LogP contribution in [0.3, 0.4) is 0 Å². The molecule has 0 aliphatic heterocycles. The van der Waals surface area contributed by atoms with Gasteiger partial charge in [0.05, 0.1) is 17.6 Å². The summed E-state index contributed by atoms with van der Waals surface area (Å²) in [5, 5.41) is 12.9. The first-order valence-electron chi connectivity index (χ1n) is 8.31. The number of hydrogen-bond acceptors (Lipinski definition) is 4. The van der Waals surface area contributed by atoms with Gasteiger partial charge in [0.1, 0.15) is 6.54 Å². The van der Waals surface area contributed by atoms with Crippen molar-refractivity contribution in [3.63, 3.8) is 0 Å². The van der Waals surface area contributed by atoms with Crippen LogP contribution in [0.5, 0.6) is 0 Å². The standard InChI is InChI=1S/C19H17N5OS/c1-13(14-7-3-2-4-8-14)24-17(21-22-19(24)26)12-23-18(25)16-10-6-5-9-15(16)11-20-23/h2-11,13H,12H2,1H3,(H,22,26)/t13-/m1/s1. The second-order valence-corrected chi connectivity index (χ2v) is 6.48. The average Bonchev–Trinajstić information content (AvgIpc) is 3.04. The molecule has 0 radical (unpaired) electrons. The summed E-state index contributed by atoms with van der Waals surface area (Å²) in [6.45, 7) is 2.30. The Morgan fingerprint density at radius 3 is 2.65 bits per heavy atom. The maximum Gasteiger partial charge on any atom is 0.275 e. The van der Waals surface area contributed by atoms with E-state index in [1.165, 1.54) is 4.68 Å². The van der Waals surface area contributed by atoms with E-state index in [-0.39, 0.29) is 18.1 Å².